The molecule has 1 aromatic carbocycles. The number of aromatic amines is 1. The number of nitrogens with zero attached hydrogens (tertiary/aromatic N) is 2. The molecule has 0 bridgehead atoms. The molecule has 2 aromatic rings. The lowest BCUT2D eigenvalue weighted by Gasteiger charge is -2.21. The molecular weight excluding hydrogens is 322 g/mol. The lowest BCUT2D eigenvalue weighted by molar-refractivity contribution is 0.0949. The number of H-pyrrole nitrogens is 1. The highest BCUT2D eigenvalue weighted by Crippen LogP contribution is 2.21. The smallest absolute Gasteiger partial charge is 0.252 e. The Hall–Kier alpha value is -2.15. The molecule has 0 aliphatic heterocycles. The van der Waals surface area contributed by atoms with Crippen molar-refractivity contribution in [3.05, 3.63) is 39.9 Å². The maximum atomic E-state index is 12.5. The first-order chi connectivity index (χ1) is 11.2. The summed E-state index contributed by atoms with van der Waals surface area (Å²) < 4.78 is 2.27. The number of hydrogen-bond donors (Lipinski definition) is 3. The number of amides is 1. The number of carbonyl (C=O) groups is 1. The zero-order valence-electron chi connectivity index (χ0n) is 14.9. The quantitative estimate of drug-likeness (QED) is 0.726. The molecule has 2 rings (SSSR count). The maximum absolute atomic E-state index is 12.5. The van der Waals surface area contributed by atoms with Crippen LogP contribution in [0.2, 0.25) is 0 Å². The van der Waals surface area contributed by atoms with Crippen LogP contribution in [0.3, 0.4) is 0 Å². The van der Waals surface area contributed by atoms with Crippen molar-refractivity contribution >= 4 is 23.8 Å². The first kappa shape index (κ1) is 18.2. The van der Waals surface area contributed by atoms with Crippen molar-refractivity contribution in [3.8, 4) is 0 Å². The third-order valence-electron chi connectivity index (χ3n) is 3.77. The van der Waals surface area contributed by atoms with E-state index in [4.69, 9.17) is 12.2 Å². The fourth-order valence-corrected chi connectivity index (χ4v) is 2.38. The minimum absolute atomic E-state index is 0.124. The maximum Gasteiger partial charge on any atom is 0.252 e. The Balaban J connectivity index is 2.09. The van der Waals surface area contributed by atoms with Gasteiger partial charge in [0, 0.05) is 24.8 Å². The molecule has 0 atom stereocenters. The van der Waals surface area contributed by atoms with Gasteiger partial charge < -0.3 is 15.2 Å². The number of nitrogens with one attached hydrogen (secondary N) is 3. The molecule has 0 saturated carbocycles. The summed E-state index contributed by atoms with van der Waals surface area (Å²) in [5.74, 6) is 0.564. The normalized spacial score (nSPS) is 11.4. The van der Waals surface area contributed by atoms with Crippen molar-refractivity contribution in [2.75, 3.05) is 11.9 Å². The molecule has 0 saturated heterocycles. The van der Waals surface area contributed by atoms with Crippen molar-refractivity contribution < 1.29 is 4.79 Å². The summed E-state index contributed by atoms with van der Waals surface area (Å²) in [6.45, 7) is 9.62. The van der Waals surface area contributed by atoms with E-state index in [9.17, 15) is 4.79 Å². The molecule has 0 radical (unpaired) electrons. The Morgan fingerprint density at radius 2 is 2.08 bits per heavy atom. The first-order valence-corrected chi connectivity index (χ1v) is 8.32. The predicted molar refractivity (Wildman–Crippen MR) is 98.7 cm³/mol. The second-order valence-corrected chi connectivity index (χ2v) is 7.47. The van der Waals surface area contributed by atoms with Crippen LogP contribution in [0.4, 0.5) is 5.69 Å². The minimum Gasteiger partial charge on any atom is -0.384 e. The standard InChI is InChI=1S/C17H25N5OS/c1-11-12(7-6-8-13(11)19-10-17(2,3)4)15(23)18-9-14-20-21-16(24)22(14)5/h6-8,19H,9-10H2,1-5H3,(H,18,23)(H,21,24). The van der Waals surface area contributed by atoms with Crippen LogP contribution >= 0.6 is 12.2 Å². The number of rotatable bonds is 5. The van der Waals surface area contributed by atoms with E-state index in [-0.39, 0.29) is 11.3 Å². The summed E-state index contributed by atoms with van der Waals surface area (Å²) in [4.78, 5) is 12.5. The van der Waals surface area contributed by atoms with Crippen molar-refractivity contribution in [1.82, 2.24) is 20.1 Å². The monoisotopic (exact) mass is 347 g/mol. The summed E-state index contributed by atoms with van der Waals surface area (Å²) in [5, 5.41) is 13.1. The van der Waals surface area contributed by atoms with Gasteiger partial charge in [-0.05, 0) is 42.3 Å². The van der Waals surface area contributed by atoms with E-state index in [1.54, 1.807) is 4.57 Å². The fraction of sp³-hybridized carbons (Fsp3) is 0.471. The summed E-state index contributed by atoms with van der Waals surface area (Å²) in [7, 11) is 1.82. The average molecular weight is 347 g/mol. The van der Waals surface area contributed by atoms with Gasteiger partial charge in [0.25, 0.3) is 5.91 Å². The van der Waals surface area contributed by atoms with Gasteiger partial charge in [0.05, 0.1) is 6.54 Å². The molecule has 1 aromatic heterocycles. The van der Waals surface area contributed by atoms with E-state index in [2.05, 4.69) is 41.6 Å². The Morgan fingerprint density at radius 1 is 1.38 bits per heavy atom. The molecular formula is C17H25N5OS. The van der Waals surface area contributed by atoms with Crippen molar-refractivity contribution in [2.24, 2.45) is 12.5 Å². The molecule has 130 valence electrons. The highest BCUT2D eigenvalue weighted by molar-refractivity contribution is 7.71. The largest absolute Gasteiger partial charge is 0.384 e. The molecule has 6 nitrogen and oxygen atoms in total. The van der Waals surface area contributed by atoms with Crippen LogP contribution in [0, 0.1) is 17.1 Å². The van der Waals surface area contributed by atoms with E-state index in [1.165, 1.54) is 0 Å². The minimum atomic E-state index is -0.124. The predicted octanol–water partition coefficient (Wildman–Crippen LogP) is 3.17. The number of carbonyl (C=O) groups excluding carboxylic acids is 1. The third-order valence-corrected chi connectivity index (χ3v) is 4.13. The van der Waals surface area contributed by atoms with E-state index >= 15 is 0 Å². The summed E-state index contributed by atoms with van der Waals surface area (Å²) in [6, 6.07) is 5.72. The molecule has 3 N–H and O–H groups in total. The molecule has 24 heavy (non-hydrogen) atoms. The Bertz CT molecular complexity index is 785. The van der Waals surface area contributed by atoms with Crippen LogP contribution in [0.5, 0.6) is 0 Å². The topological polar surface area (TPSA) is 74.7 Å². The molecule has 0 spiro atoms. The molecule has 0 unspecified atom stereocenters. The second kappa shape index (κ2) is 7.17. The summed E-state index contributed by atoms with van der Waals surface area (Å²) in [6.07, 6.45) is 0. The van der Waals surface area contributed by atoms with Crippen LogP contribution in [-0.2, 0) is 13.6 Å². The first-order valence-electron chi connectivity index (χ1n) is 7.91. The van der Waals surface area contributed by atoms with Crippen LogP contribution in [0.25, 0.3) is 0 Å². The zero-order chi connectivity index (χ0) is 17.9. The van der Waals surface area contributed by atoms with Gasteiger partial charge in [0.15, 0.2) is 10.6 Å². The highest BCUT2D eigenvalue weighted by Gasteiger charge is 2.15. The number of aromatic nitrogens is 3. The Kier molecular flexibility index (Phi) is 5.43. The summed E-state index contributed by atoms with van der Waals surface area (Å²) >= 11 is 5.07. The van der Waals surface area contributed by atoms with Crippen molar-refractivity contribution in [3.63, 3.8) is 0 Å². The number of benzene rings is 1. The average Bonchev–Trinajstić information content (AvgIpc) is 2.82. The van der Waals surface area contributed by atoms with Gasteiger partial charge >= 0.3 is 0 Å². The van der Waals surface area contributed by atoms with Crippen molar-refractivity contribution in [1.29, 1.82) is 0 Å². The molecule has 0 aliphatic carbocycles. The van der Waals surface area contributed by atoms with E-state index in [1.807, 2.05) is 32.2 Å². The van der Waals surface area contributed by atoms with E-state index < -0.39 is 0 Å². The Morgan fingerprint density at radius 3 is 2.67 bits per heavy atom. The fourth-order valence-electron chi connectivity index (χ4n) is 2.23. The molecule has 7 heteroatoms. The zero-order valence-corrected chi connectivity index (χ0v) is 15.7. The van der Waals surface area contributed by atoms with Gasteiger partial charge in [0.1, 0.15) is 0 Å². The molecule has 1 amide bonds. The van der Waals surface area contributed by atoms with Gasteiger partial charge in [-0.1, -0.05) is 26.8 Å². The molecule has 0 fully saturated rings. The van der Waals surface area contributed by atoms with Gasteiger partial charge in [-0.25, -0.2) is 0 Å². The van der Waals surface area contributed by atoms with Crippen molar-refractivity contribution in [2.45, 2.75) is 34.2 Å². The lowest BCUT2D eigenvalue weighted by Crippen LogP contribution is -2.26. The molecule has 0 aliphatic rings. The van der Waals surface area contributed by atoms with Gasteiger partial charge in [-0.3, -0.25) is 9.89 Å². The Labute approximate surface area is 147 Å². The van der Waals surface area contributed by atoms with Crippen LogP contribution < -0.4 is 10.6 Å². The van der Waals surface area contributed by atoms with Gasteiger partial charge in [-0.15, -0.1) is 0 Å². The number of anilines is 1. The number of hydrogen-bond acceptors (Lipinski definition) is 4. The lowest BCUT2D eigenvalue weighted by atomic mass is 9.96. The van der Waals surface area contributed by atoms with Gasteiger partial charge in [-0.2, -0.15) is 5.10 Å². The summed E-state index contributed by atoms with van der Waals surface area (Å²) in [5.41, 5.74) is 2.75. The van der Waals surface area contributed by atoms with E-state index in [0.717, 1.165) is 17.8 Å². The van der Waals surface area contributed by atoms with Gasteiger partial charge in [0.2, 0.25) is 0 Å². The van der Waals surface area contributed by atoms with Crippen LogP contribution in [0.15, 0.2) is 18.2 Å². The third kappa shape index (κ3) is 4.44. The van der Waals surface area contributed by atoms with Crippen LogP contribution in [-0.4, -0.2) is 27.2 Å². The van der Waals surface area contributed by atoms with E-state index in [0.29, 0.717) is 22.7 Å². The second-order valence-electron chi connectivity index (χ2n) is 7.08. The molecule has 1 heterocycles. The highest BCUT2D eigenvalue weighted by atomic mass is 32.1. The SMILES string of the molecule is Cc1c(NCC(C)(C)C)cccc1C(=O)NCc1n[nH]c(=S)n1C. The van der Waals surface area contributed by atoms with Crippen LogP contribution in [0.1, 0.15) is 42.5 Å².